The van der Waals surface area contributed by atoms with Crippen LogP contribution in [0, 0.1) is 5.92 Å². The van der Waals surface area contributed by atoms with E-state index in [4.69, 9.17) is 16.2 Å². The van der Waals surface area contributed by atoms with Crippen molar-refractivity contribution >= 4 is 17.2 Å². The second-order valence-electron chi connectivity index (χ2n) is 6.87. The average molecular weight is 353 g/mol. The normalized spacial score (nSPS) is 18.3. The Kier molecular flexibility index (Phi) is 5.78. The zero-order chi connectivity index (χ0) is 18.5. The van der Waals surface area contributed by atoms with Gasteiger partial charge in [0.25, 0.3) is 0 Å². The van der Waals surface area contributed by atoms with Crippen LogP contribution in [0.15, 0.2) is 42.5 Å². The molecular formula is C21H27N3O2. The molecular weight excluding hydrogens is 326 g/mol. The highest BCUT2D eigenvalue weighted by Gasteiger charge is 2.23. The Labute approximate surface area is 154 Å². The van der Waals surface area contributed by atoms with Gasteiger partial charge in [-0.15, -0.1) is 0 Å². The predicted octanol–water partition coefficient (Wildman–Crippen LogP) is 3.24. The molecule has 3 rings (SSSR count). The topological polar surface area (TPSA) is 90.4 Å². The zero-order valence-electron chi connectivity index (χ0n) is 15.2. The van der Waals surface area contributed by atoms with E-state index in [1.165, 1.54) is 12.8 Å². The number of hydrogen-bond acceptors (Lipinski definition) is 5. The molecule has 0 aromatic heterocycles. The molecule has 2 aromatic carbocycles. The highest BCUT2D eigenvalue weighted by atomic mass is 16.5. The summed E-state index contributed by atoms with van der Waals surface area (Å²) in [5.41, 5.74) is 13.5. The molecule has 2 atom stereocenters. The first-order chi connectivity index (χ1) is 12.6. The Morgan fingerprint density at radius 1 is 1.15 bits per heavy atom. The molecule has 1 fully saturated rings. The number of nitrogen functional groups attached to an aromatic ring is 2. The first-order valence-corrected chi connectivity index (χ1v) is 9.25. The molecule has 0 amide bonds. The molecule has 1 saturated heterocycles. The van der Waals surface area contributed by atoms with Crippen molar-refractivity contribution in [3.05, 3.63) is 53.6 Å². The van der Waals surface area contributed by atoms with Crippen molar-refractivity contribution in [2.24, 2.45) is 5.92 Å². The van der Waals surface area contributed by atoms with Crippen LogP contribution in [0.4, 0.5) is 11.4 Å². The Hall–Kier alpha value is -2.53. The van der Waals surface area contributed by atoms with Gasteiger partial charge in [0, 0.05) is 23.6 Å². The van der Waals surface area contributed by atoms with Crippen molar-refractivity contribution in [1.29, 1.82) is 0 Å². The van der Waals surface area contributed by atoms with Crippen LogP contribution >= 0.6 is 0 Å². The fraction of sp³-hybridized carbons (Fsp3) is 0.381. The highest BCUT2D eigenvalue weighted by molar-refractivity contribution is 6.09. The number of carbonyl (C=O) groups is 1. The molecule has 0 radical (unpaired) electrons. The SMILES string of the molecule is CCC(Oc1ccc(C(=O)c2ccc(N)c(N)c2)cc1)C1CCCNC1. The van der Waals surface area contributed by atoms with E-state index in [0.29, 0.717) is 28.4 Å². The summed E-state index contributed by atoms with van der Waals surface area (Å²) in [4.78, 5) is 12.6. The third kappa shape index (κ3) is 4.17. The molecule has 1 aliphatic heterocycles. The lowest BCUT2D eigenvalue weighted by Crippen LogP contribution is -2.39. The van der Waals surface area contributed by atoms with Gasteiger partial charge in [-0.2, -0.15) is 0 Å². The van der Waals surface area contributed by atoms with Crippen molar-refractivity contribution < 1.29 is 9.53 Å². The van der Waals surface area contributed by atoms with Crippen molar-refractivity contribution in [3.8, 4) is 5.75 Å². The quantitative estimate of drug-likeness (QED) is 0.548. The number of rotatable bonds is 6. The Bertz CT molecular complexity index is 752. The van der Waals surface area contributed by atoms with Crippen LogP contribution < -0.4 is 21.5 Å². The van der Waals surface area contributed by atoms with E-state index >= 15 is 0 Å². The molecule has 0 bridgehead atoms. The Balaban J connectivity index is 1.69. The molecule has 5 N–H and O–H groups in total. The van der Waals surface area contributed by atoms with Crippen LogP contribution in [0.5, 0.6) is 5.75 Å². The number of ketones is 1. The Morgan fingerprint density at radius 2 is 1.88 bits per heavy atom. The number of carbonyl (C=O) groups excluding carboxylic acids is 1. The maximum Gasteiger partial charge on any atom is 0.193 e. The molecule has 26 heavy (non-hydrogen) atoms. The lowest BCUT2D eigenvalue weighted by atomic mass is 9.92. The summed E-state index contributed by atoms with van der Waals surface area (Å²) in [6.45, 7) is 4.26. The third-order valence-electron chi connectivity index (χ3n) is 5.02. The summed E-state index contributed by atoms with van der Waals surface area (Å²) >= 11 is 0. The fourth-order valence-electron chi connectivity index (χ4n) is 3.45. The van der Waals surface area contributed by atoms with Gasteiger partial charge < -0.3 is 21.5 Å². The molecule has 2 aromatic rings. The number of benzene rings is 2. The largest absolute Gasteiger partial charge is 0.490 e. The molecule has 5 heteroatoms. The van der Waals surface area contributed by atoms with Gasteiger partial charge in [0.15, 0.2) is 5.78 Å². The Morgan fingerprint density at radius 3 is 2.50 bits per heavy atom. The van der Waals surface area contributed by atoms with Gasteiger partial charge in [-0.05, 0) is 68.3 Å². The molecule has 138 valence electrons. The minimum atomic E-state index is -0.0771. The number of ether oxygens (including phenoxy) is 1. The van der Waals surface area contributed by atoms with E-state index in [0.717, 1.165) is 25.3 Å². The summed E-state index contributed by atoms with van der Waals surface area (Å²) in [5, 5.41) is 3.44. The van der Waals surface area contributed by atoms with Crippen LogP contribution in [0.3, 0.4) is 0 Å². The van der Waals surface area contributed by atoms with Crippen LogP contribution in [-0.4, -0.2) is 25.0 Å². The number of nitrogens with one attached hydrogen (secondary N) is 1. The summed E-state index contributed by atoms with van der Waals surface area (Å²) in [6.07, 6.45) is 3.56. The third-order valence-corrected chi connectivity index (χ3v) is 5.02. The van der Waals surface area contributed by atoms with E-state index in [2.05, 4.69) is 12.2 Å². The molecule has 0 saturated carbocycles. The summed E-state index contributed by atoms with van der Waals surface area (Å²) in [5.74, 6) is 1.26. The van der Waals surface area contributed by atoms with E-state index < -0.39 is 0 Å². The fourth-order valence-corrected chi connectivity index (χ4v) is 3.45. The lowest BCUT2D eigenvalue weighted by molar-refractivity contribution is 0.103. The van der Waals surface area contributed by atoms with Crippen LogP contribution in [-0.2, 0) is 0 Å². The van der Waals surface area contributed by atoms with Crippen LogP contribution in [0.25, 0.3) is 0 Å². The molecule has 0 spiro atoms. The minimum Gasteiger partial charge on any atom is -0.490 e. The van der Waals surface area contributed by atoms with Gasteiger partial charge in [-0.3, -0.25) is 4.79 Å². The van der Waals surface area contributed by atoms with Crippen LogP contribution in [0.2, 0.25) is 0 Å². The van der Waals surface area contributed by atoms with E-state index in [-0.39, 0.29) is 11.9 Å². The molecule has 1 heterocycles. The van der Waals surface area contributed by atoms with Gasteiger partial charge in [0.1, 0.15) is 11.9 Å². The maximum atomic E-state index is 12.6. The standard InChI is InChI=1S/C21H27N3O2/c1-2-20(16-4-3-11-24-13-16)26-17-8-5-14(6-9-17)21(25)15-7-10-18(22)19(23)12-15/h5-10,12,16,20,24H,2-4,11,13,22-23H2,1H3. The van der Waals surface area contributed by atoms with Crippen molar-refractivity contribution in [3.63, 3.8) is 0 Å². The minimum absolute atomic E-state index is 0.0771. The molecule has 5 nitrogen and oxygen atoms in total. The van der Waals surface area contributed by atoms with Crippen molar-refractivity contribution in [2.75, 3.05) is 24.6 Å². The van der Waals surface area contributed by atoms with Gasteiger partial charge in [-0.1, -0.05) is 6.92 Å². The summed E-state index contributed by atoms with van der Waals surface area (Å²) in [7, 11) is 0. The highest BCUT2D eigenvalue weighted by Crippen LogP contribution is 2.24. The monoisotopic (exact) mass is 353 g/mol. The van der Waals surface area contributed by atoms with Crippen molar-refractivity contribution in [2.45, 2.75) is 32.3 Å². The van der Waals surface area contributed by atoms with Crippen molar-refractivity contribution in [1.82, 2.24) is 5.32 Å². The molecule has 0 aliphatic carbocycles. The predicted molar refractivity (Wildman–Crippen MR) is 105 cm³/mol. The average Bonchev–Trinajstić information content (AvgIpc) is 2.69. The second kappa shape index (κ2) is 8.23. The number of hydrogen-bond donors (Lipinski definition) is 3. The summed E-state index contributed by atoms with van der Waals surface area (Å²) < 4.78 is 6.19. The van der Waals surface area contributed by atoms with Gasteiger partial charge in [0.05, 0.1) is 11.4 Å². The maximum absolute atomic E-state index is 12.6. The number of piperidine rings is 1. The van der Waals surface area contributed by atoms with Crippen LogP contribution in [0.1, 0.15) is 42.1 Å². The lowest BCUT2D eigenvalue weighted by Gasteiger charge is -2.30. The molecule has 1 aliphatic rings. The van der Waals surface area contributed by atoms with Gasteiger partial charge in [-0.25, -0.2) is 0 Å². The summed E-state index contributed by atoms with van der Waals surface area (Å²) in [6, 6.07) is 12.3. The number of nitrogens with two attached hydrogens (primary N) is 2. The smallest absolute Gasteiger partial charge is 0.193 e. The first kappa shape index (κ1) is 18.3. The van der Waals surface area contributed by atoms with E-state index in [1.54, 1.807) is 30.3 Å². The first-order valence-electron chi connectivity index (χ1n) is 9.25. The van der Waals surface area contributed by atoms with Gasteiger partial charge in [0.2, 0.25) is 0 Å². The second-order valence-corrected chi connectivity index (χ2v) is 6.87. The zero-order valence-corrected chi connectivity index (χ0v) is 15.2. The van der Waals surface area contributed by atoms with E-state index in [1.807, 2.05) is 12.1 Å². The number of anilines is 2. The molecule has 2 unspecified atom stereocenters. The van der Waals surface area contributed by atoms with Gasteiger partial charge >= 0.3 is 0 Å². The van der Waals surface area contributed by atoms with E-state index in [9.17, 15) is 4.79 Å².